The zero-order valence-corrected chi connectivity index (χ0v) is 9.33. The van der Waals surface area contributed by atoms with E-state index in [2.05, 4.69) is 5.32 Å². The fraction of sp³-hybridized carbons (Fsp3) is 1.00. The summed E-state index contributed by atoms with van der Waals surface area (Å²) in [4.78, 5) is 0. The smallest absolute Gasteiger partial charge is 0.309 e. The van der Waals surface area contributed by atoms with Crippen LogP contribution in [0.1, 0.15) is 40.0 Å². The van der Waals surface area contributed by atoms with Gasteiger partial charge in [0.2, 0.25) is 0 Å². The van der Waals surface area contributed by atoms with Gasteiger partial charge in [-0.05, 0) is 25.3 Å². The molecule has 1 nitrogen and oxygen atoms in total. The third-order valence-electron chi connectivity index (χ3n) is 2.94. The zero-order chi connectivity index (χ0) is 11.4. The molecule has 0 spiro atoms. The van der Waals surface area contributed by atoms with E-state index in [4.69, 9.17) is 0 Å². The Balaban J connectivity index is 4.77. The van der Waals surface area contributed by atoms with E-state index in [9.17, 15) is 13.2 Å². The lowest BCUT2D eigenvalue weighted by molar-refractivity contribution is -0.182. The van der Waals surface area contributed by atoms with Crippen molar-refractivity contribution in [3.63, 3.8) is 0 Å². The van der Waals surface area contributed by atoms with Crippen LogP contribution in [0.5, 0.6) is 0 Å². The van der Waals surface area contributed by atoms with Crippen molar-refractivity contribution in [3.8, 4) is 0 Å². The molecule has 0 aromatic carbocycles. The topological polar surface area (TPSA) is 12.0 Å². The van der Waals surface area contributed by atoms with Gasteiger partial charge >= 0.3 is 6.18 Å². The van der Waals surface area contributed by atoms with E-state index in [0.29, 0.717) is 12.8 Å². The monoisotopic (exact) mass is 211 g/mol. The molecule has 0 saturated carbocycles. The van der Waals surface area contributed by atoms with Gasteiger partial charge < -0.3 is 5.32 Å². The van der Waals surface area contributed by atoms with Crippen LogP contribution in [0.3, 0.4) is 0 Å². The van der Waals surface area contributed by atoms with Gasteiger partial charge in [-0.1, -0.05) is 27.2 Å². The Bertz CT molecular complexity index is 167. The van der Waals surface area contributed by atoms with E-state index in [1.165, 1.54) is 7.05 Å². The van der Waals surface area contributed by atoms with Crippen LogP contribution in [0.2, 0.25) is 0 Å². The highest BCUT2D eigenvalue weighted by Gasteiger charge is 2.48. The van der Waals surface area contributed by atoms with E-state index in [1.807, 2.05) is 13.8 Å². The maximum atomic E-state index is 12.7. The first-order valence-electron chi connectivity index (χ1n) is 5.05. The Morgan fingerprint density at radius 2 is 1.71 bits per heavy atom. The van der Waals surface area contributed by atoms with Crippen LogP contribution in [-0.2, 0) is 0 Å². The maximum Gasteiger partial charge on any atom is 0.404 e. The Labute approximate surface area is 84.1 Å². The van der Waals surface area contributed by atoms with Crippen LogP contribution in [0.15, 0.2) is 0 Å². The molecule has 0 aliphatic heterocycles. The van der Waals surface area contributed by atoms with Crippen molar-refractivity contribution in [1.82, 2.24) is 5.32 Å². The molecule has 0 rings (SSSR count). The first-order chi connectivity index (χ1) is 6.31. The Kier molecular flexibility index (Phi) is 4.92. The number of alkyl halides is 3. The van der Waals surface area contributed by atoms with Crippen molar-refractivity contribution in [2.24, 2.45) is 5.41 Å². The summed E-state index contributed by atoms with van der Waals surface area (Å²) >= 11 is 0. The summed E-state index contributed by atoms with van der Waals surface area (Å²) in [6.45, 7) is 5.42. The summed E-state index contributed by atoms with van der Waals surface area (Å²) in [5.74, 6) is 0. The van der Waals surface area contributed by atoms with Crippen LogP contribution < -0.4 is 5.32 Å². The van der Waals surface area contributed by atoms with Crippen molar-refractivity contribution in [1.29, 1.82) is 0 Å². The molecule has 1 N–H and O–H groups in total. The highest BCUT2D eigenvalue weighted by Crippen LogP contribution is 2.39. The quantitative estimate of drug-likeness (QED) is 0.735. The van der Waals surface area contributed by atoms with E-state index in [0.717, 1.165) is 6.42 Å². The first-order valence-corrected chi connectivity index (χ1v) is 5.05. The second-order valence-corrected chi connectivity index (χ2v) is 4.02. The molecule has 0 bridgehead atoms. The fourth-order valence-electron chi connectivity index (χ4n) is 2.00. The molecule has 2 unspecified atom stereocenters. The van der Waals surface area contributed by atoms with E-state index in [1.54, 1.807) is 6.92 Å². The van der Waals surface area contributed by atoms with Gasteiger partial charge in [-0.2, -0.15) is 13.2 Å². The first kappa shape index (κ1) is 13.8. The minimum atomic E-state index is -4.16. The fourth-order valence-corrected chi connectivity index (χ4v) is 2.00. The van der Waals surface area contributed by atoms with Gasteiger partial charge in [-0.25, -0.2) is 0 Å². The van der Waals surface area contributed by atoms with Crippen LogP contribution >= 0.6 is 0 Å². The molecule has 0 aromatic rings. The minimum Gasteiger partial charge on any atom is -0.309 e. The number of halogens is 3. The van der Waals surface area contributed by atoms with Gasteiger partial charge in [0.05, 0.1) is 0 Å². The molecule has 0 aromatic heterocycles. The molecular weight excluding hydrogens is 191 g/mol. The van der Waals surface area contributed by atoms with Gasteiger partial charge in [-0.3, -0.25) is 0 Å². The molecule has 4 heteroatoms. The summed E-state index contributed by atoms with van der Waals surface area (Å²) in [7, 11) is 1.38. The predicted octanol–water partition coefficient (Wildman–Crippen LogP) is 3.35. The van der Waals surface area contributed by atoms with Crippen LogP contribution in [0.25, 0.3) is 0 Å². The van der Waals surface area contributed by atoms with Crippen LogP contribution in [0, 0.1) is 5.41 Å². The van der Waals surface area contributed by atoms with E-state index >= 15 is 0 Å². The number of hydrogen-bond acceptors (Lipinski definition) is 1. The number of nitrogens with one attached hydrogen (secondary N) is 1. The number of rotatable bonds is 5. The molecule has 0 heterocycles. The lowest BCUT2D eigenvalue weighted by Crippen LogP contribution is -2.51. The van der Waals surface area contributed by atoms with Gasteiger partial charge in [0.1, 0.15) is 6.04 Å². The Morgan fingerprint density at radius 3 is 1.93 bits per heavy atom. The minimum absolute atomic E-state index is 0.534. The lowest BCUT2D eigenvalue weighted by Gasteiger charge is -2.37. The molecule has 14 heavy (non-hydrogen) atoms. The molecule has 0 amide bonds. The maximum absolute atomic E-state index is 12.7. The summed E-state index contributed by atoms with van der Waals surface area (Å²) in [5, 5.41) is 2.39. The average Bonchev–Trinajstić information content (AvgIpc) is 2.03. The summed E-state index contributed by atoms with van der Waals surface area (Å²) < 4.78 is 38.0. The molecule has 0 radical (unpaired) electrons. The van der Waals surface area contributed by atoms with E-state index < -0.39 is 17.6 Å². The lowest BCUT2D eigenvalue weighted by atomic mass is 9.76. The van der Waals surface area contributed by atoms with Crippen molar-refractivity contribution < 1.29 is 13.2 Å². The summed E-state index contributed by atoms with van der Waals surface area (Å²) in [5.41, 5.74) is -0.693. The normalized spacial score (nSPS) is 19.1. The highest BCUT2D eigenvalue weighted by molar-refractivity contribution is 4.90. The van der Waals surface area contributed by atoms with Crippen LogP contribution in [0.4, 0.5) is 13.2 Å². The van der Waals surface area contributed by atoms with Gasteiger partial charge in [-0.15, -0.1) is 0 Å². The molecule has 86 valence electrons. The zero-order valence-electron chi connectivity index (χ0n) is 9.33. The molecule has 0 saturated heterocycles. The number of hydrogen-bond donors (Lipinski definition) is 1. The standard InChI is InChI=1S/C10H20F3N/c1-5-7-9(3,6-2)8(14-4)10(11,12)13/h8,14H,5-7H2,1-4H3. The van der Waals surface area contributed by atoms with Crippen LogP contribution in [-0.4, -0.2) is 19.3 Å². The predicted molar refractivity (Wildman–Crippen MR) is 52.2 cm³/mol. The Morgan fingerprint density at radius 1 is 1.21 bits per heavy atom. The second-order valence-electron chi connectivity index (χ2n) is 4.02. The van der Waals surface area contributed by atoms with Gasteiger partial charge in [0.15, 0.2) is 0 Å². The average molecular weight is 211 g/mol. The molecule has 2 atom stereocenters. The summed E-state index contributed by atoms with van der Waals surface area (Å²) in [6.07, 6.45) is -2.26. The molecular formula is C10H20F3N. The van der Waals surface area contributed by atoms with Crippen molar-refractivity contribution in [2.45, 2.75) is 52.3 Å². The van der Waals surface area contributed by atoms with E-state index in [-0.39, 0.29) is 0 Å². The third kappa shape index (κ3) is 3.15. The van der Waals surface area contributed by atoms with Crippen molar-refractivity contribution in [2.75, 3.05) is 7.05 Å². The van der Waals surface area contributed by atoms with Crippen molar-refractivity contribution in [3.05, 3.63) is 0 Å². The third-order valence-corrected chi connectivity index (χ3v) is 2.94. The molecule has 0 aliphatic carbocycles. The molecule has 0 aliphatic rings. The Hall–Kier alpha value is -0.250. The highest BCUT2D eigenvalue weighted by atomic mass is 19.4. The van der Waals surface area contributed by atoms with Crippen molar-refractivity contribution >= 4 is 0 Å². The van der Waals surface area contributed by atoms with Gasteiger partial charge in [0, 0.05) is 0 Å². The van der Waals surface area contributed by atoms with Gasteiger partial charge in [0.25, 0.3) is 0 Å². The second kappa shape index (κ2) is 5.01. The largest absolute Gasteiger partial charge is 0.404 e. The molecule has 0 fully saturated rings. The summed E-state index contributed by atoms with van der Waals surface area (Å²) in [6, 6.07) is -1.40. The SMILES string of the molecule is CCCC(C)(CC)C(NC)C(F)(F)F.